The van der Waals surface area contributed by atoms with E-state index < -0.39 is 11.7 Å². The number of carboxylic acids is 1. The molecule has 0 aromatic heterocycles. The lowest BCUT2D eigenvalue weighted by molar-refractivity contribution is -0.270. The molecule has 0 radical (unpaired) electrons. The molecule has 0 amide bonds. The van der Waals surface area contributed by atoms with Crippen molar-refractivity contribution in [3.8, 4) is 0 Å². The molecule has 0 saturated carbocycles. The second-order valence-electron chi connectivity index (χ2n) is 6.10. The highest BCUT2D eigenvalue weighted by atomic mass is 16.6. The zero-order valence-corrected chi connectivity index (χ0v) is 12.6. The SMILES string of the molecule is CC1=C(C(=O)O)C2(C)OC1N2/C=C1/C=c2cc(C)ccc2=N1. The van der Waals surface area contributed by atoms with Crippen LogP contribution in [0.5, 0.6) is 0 Å². The summed E-state index contributed by atoms with van der Waals surface area (Å²) in [6, 6.07) is 6.12. The lowest BCUT2D eigenvalue weighted by Gasteiger charge is -2.49. The summed E-state index contributed by atoms with van der Waals surface area (Å²) in [6.07, 6.45) is 3.61. The van der Waals surface area contributed by atoms with E-state index in [9.17, 15) is 9.90 Å². The van der Waals surface area contributed by atoms with Gasteiger partial charge in [0.05, 0.1) is 16.6 Å². The van der Waals surface area contributed by atoms with Gasteiger partial charge in [0.15, 0.2) is 12.0 Å². The third-order valence-corrected chi connectivity index (χ3v) is 4.54. The predicted molar refractivity (Wildman–Crippen MR) is 80.0 cm³/mol. The number of rotatable bonds is 2. The first kappa shape index (κ1) is 13.3. The molecule has 0 spiro atoms. The second kappa shape index (κ2) is 4.08. The molecule has 2 atom stereocenters. The molecule has 2 bridgehead atoms. The molecule has 1 aromatic rings. The lowest BCUT2D eigenvalue weighted by Crippen LogP contribution is -2.60. The van der Waals surface area contributed by atoms with Crippen molar-refractivity contribution in [2.45, 2.75) is 32.7 Å². The summed E-state index contributed by atoms with van der Waals surface area (Å²) >= 11 is 0. The largest absolute Gasteiger partial charge is 0.478 e. The first-order valence-electron chi connectivity index (χ1n) is 7.20. The summed E-state index contributed by atoms with van der Waals surface area (Å²) in [5.41, 5.74) is 2.22. The molecule has 1 saturated heterocycles. The highest BCUT2D eigenvalue weighted by Gasteiger charge is 2.61. The quantitative estimate of drug-likeness (QED) is 0.886. The molecule has 4 heterocycles. The van der Waals surface area contributed by atoms with Crippen molar-refractivity contribution in [2.24, 2.45) is 4.99 Å². The Balaban J connectivity index is 1.72. The van der Waals surface area contributed by atoms with Crippen LogP contribution in [-0.2, 0) is 9.53 Å². The van der Waals surface area contributed by atoms with Gasteiger partial charge in [-0.05, 0) is 44.6 Å². The summed E-state index contributed by atoms with van der Waals surface area (Å²) < 4.78 is 5.71. The molecule has 22 heavy (non-hydrogen) atoms. The first-order chi connectivity index (χ1) is 10.4. The summed E-state index contributed by atoms with van der Waals surface area (Å²) in [5, 5.41) is 11.4. The topological polar surface area (TPSA) is 62.1 Å². The van der Waals surface area contributed by atoms with Crippen molar-refractivity contribution in [1.82, 2.24) is 4.90 Å². The van der Waals surface area contributed by atoms with E-state index in [0.717, 1.165) is 21.8 Å². The predicted octanol–water partition coefficient (Wildman–Crippen LogP) is 1.04. The van der Waals surface area contributed by atoms with Crippen LogP contribution in [0.1, 0.15) is 19.4 Å². The standard InChI is InChI=1S/C17H16N2O3/c1-9-4-5-13-11(6-9)7-12(18-13)8-19-15-10(2)14(16(20)21)17(19,3)22-15/h4-8,15H,1-3H3,(H,20,21)/b12-8-. The van der Waals surface area contributed by atoms with E-state index in [4.69, 9.17) is 4.74 Å². The molecule has 5 rings (SSSR count). The molecular formula is C17H16N2O3. The van der Waals surface area contributed by atoms with Gasteiger partial charge in [0.2, 0.25) is 0 Å². The fourth-order valence-electron chi connectivity index (χ4n) is 3.47. The van der Waals surface area contributed by atoms with Crippen LogP contribution in [0.15, 0.2) is 46.2 Å². The molecule has 4 aliphatic rings. The van der Waals surface area contributed by atoms with Crippen molar-refractivity contribution < 1.29 is 14.6 Å². The van der Waals surface area contributed by atoms with Gasteiger partial charge in [0.1, 0.15) is 0 Å². The van der Waals surface area contributed by atoms with Crippen LogP contribution in [0.4, 0.5) is 0 Å². The highest BCUT2D eigenvalue weighted by Crippen LogP contribution is 2.51. The zero-order chi connectivity index (χ0) is 15.6. The smallest absolute Gasteiger partial charge is 0.336 e. The minimum Gasteiger partial charge on any atom is -0.478 e. The number of allylic oxidation sites excluding steroid dienone is 1. The minimum absolute atomic E-state index is 0.294. The average Bonchev–Trinajstić information content (AvgIpc) is 3.01. The number of ether oxygens (including phenoxy) is 1. The van der Waals surface area contributed by atoms with E-state index in [-0.39, 0.29) is 6.23 Å². The maximum absolute atomic E-state index is 11.4. The van der Waals surface area contributed by atoms with Gasteiger partial charge in [-0.1, -0.05) is 11.6 Å². The van der Waals surface area contributed by atoms with Gasteiger partial charge < -0.3 is 14.7 Å². The number of aryl methyl sites for hydroxylation is 1. The molecule has 1 N–H and O–H groups in total. The van der Waals surface area contributed by atoms with Crippen molar-refractivity contribution >= 4 is 12.0 Å². The van der Waals surface area contributed by atoms with Crippen molar-refractivity contribution in [3.05, 3.63) is 57.4 Å². The molecule has 0 aliphatic carbocycles. The van der Waals surface area contributed by atoms with E-state index in [0.29, 0.717) is 5.57 Å². The van der Waals surface area contributed by atoms with Gasteiger partial charge >= 0.3 is 5.97 Å². The lowest BCUT2D eigenvalue weighted by atomic mass is 10.1. The van der Waals surface area contributed by atoms with Gasteiger partial charge in [-0.25, -0.2) is 9.79 Å². The van der Waals surface area contributed by atoms with Crippen LogP contribution in [0.25, 0.3) is 6.08 Å². The highest BCUT2D eigenvalue weighted by molar-refractivity contribution is 5.91. The van der Waals surface area contributed by atoms with E-state index in [1.807, 2.05) is 43.2 Å². The number of carboxylic acid groups (broad SMARTS) is 1. The molecule has 1 aromatic carbocycles. The minimum atomic E-state index is -0.922. The molecular weight excluding hydrogens is 280 g/mol. The second-order valence-corrected chi connectivity index (χ2v) is 6.10. The maximum Gasteiger partial charge on any atom is 0.336 e. The van der Waals surface area contributed by atoms with Crippen LogP contribution in [-0.4, -0.2) is 27.9 Å². The summed E-state index contributed by atoms with van der Waals surface area (Å²) in [5.74, 6) is -0.922. The molecule has 112 valence electrons. The van der Waals surface area contributed by atoms with E-state index >= 15 is 0 Å². The number of nitrogens with zero attached hydrogens (tertiary/aromatic N) is 2. The van der Waals surface area contributed by atoms with Crippen LogP contribution in [0.3, 0.4) is 0 Å². The van der Waals surface area contributed by atoms with E-state index in [1.165, 1.54) is 5.56 Å². The summed E-state index contributed by atoms with van der Waals surface area (Å²) in [6.45, 7) is 5.64. The van der Waals surface area contributed by atoms with Crippen molar-refractivity contribution in [1.29, 1.82) is 0 Å². The molecule has 1 fully saturated rings. The van der Waals surface area contributed by atoms with Gasteiger partial charge in [-0.2, -0.15) is 0 Å². The molecule has 2 unspecified atom stereocenters. The Bertz CT molecular complexity index is 897. The third kappa shape index (κ3) is 1.57. The maximum atomic E-state index is 11.4. The van der Waals surface area contributed by atoms with Crippen molar-refractivity contribution in [3.63, 3.8) is 0 Å². The number of hydrogen-bond acceptors (Lipinski definition) is 4. The number of benzene rings is 1. The van der Waals surface area contributed by atoms with Crippen LogP contribution < -0.4 is 10.6 Å². The molecule has 5 nitrogen and oxygen atoms in total. The zero-order valence-electron chi connectivity index (χ0n) is 12.6. The molecule has 4 aliphatic heterocycles. The Hall–Kier alpha value is -2.40. The van der Waals surface area contributed by atoms with Crippen LogP contribution in [0, 0.1) is 6.92 Å². The monoisotopic (exact) mass is 296 g/mol. The third-order valence-electron chi connectivity index (χ3n) is 4.54. The van der Waals surface area contributed by atoms with Crippen LogP contribution in [0.2, 0.25) is 0 Å². The Morgan fingerprint density at radius 2 is 2.23 bits per heavy atom. The van der Waals surface area contributed by atoms with Crippen LogP contribution >= 0.6 is 0 Å². The number of carbonyl (C=O) groups is 1. The van der Waals surface area contributed by atoms with Crippen molar-refractivity contribution in [2.75, 3.05) is 0 Å². The Kier molecular flexibility index (Phi) is 2.46. The average molecular weight is 296 g/mol. The van der Waals surface area contributed by atoms with Gasteiger partial charge in [-0.3, -0.25) is 0 Å². The van der Waals surface area contributed by atoms with E-state index in [1.54, 1.807) is 6.92 Å². The molecule has 5 heteroatoms. The fraction of sp³-hybridized carbons (Fsp3) is 0.294. The normalized spacial score (nSPS) is 30.0. The van der Waals surface area contributed by atoms with Gasteiger partial charge in [0.25, 0.3) is 0 Å². The number of hydrogen-bond donors (Lipinski definition) is 1. The number of aliphatic carboxylic acids is 1. The Labute approximate surface area is 127 Å². The summed E-state index contributed by atoms with van der Waals surface area (Å²) in [7, 11) is 0. The number of fused-ring (bicyclic) bond motifs is 1. The Morgan fingerprint density at radius 1 is 1.45 bits per heavy atom. The Morgan fingerprint density at radius 3 is 2.91 bits per heavy atom. The van der Waals surface area contributed by atoms with Gasteiger partial charge in [-0.15, -0.1) is 0 Å². The summed E-state index contributed by atoms with van der Waals surface area (Å²) in [4.78, 5) is 17.9. The first-order valence-corrected chi connectivity index (χ1v) is 7.20. The van der Waals surface area contributed by atoms with E-state index in [2.05, 4.69) is 11.1 Å². The van der Waals surface area contributed by atoms with Gasteiger partial charge in [0, 0.05) is 11.4 Å². The fourth-order valence-corrected chi connectivity index (χ4v) is 3.47.